The number of phenols is 3. The Hall–Kier alpha value is -4.86. The molecule has 0 unspecified atom stereocenters. The Bertz CT molecular complexity index is 1510. The average molecular weight is 464 g/mol. The van der Waals surface area contributed by atoms with Crippen LogP contribution in [0.5, 0.6) is 23.0 Å². The number of benzene rings is 2. The Labute approximate surface area is 190 Å². The van der Waals surface area contributed by atoms with E-state index in [1.807, 2.05) is 0 Å². The van der Waals surface area contributed by atoms with E-state index in [-0.39, 0.29) is 34.4 Å². The van der Waals surface area contributed by atoms with Crippen LogP contribution in [-0.4, -0.2) is 42.9 Å². The predicted molar refractivity (Wildman–Crippen MR) is 115 cm³/mol. The number of carbonyl (C=O) groups is 3. The van der Waals surface area contributed by atoms with Gasteiger partial charge in [0, 0.05) is 30.2 Å². The lowest BCUT2D eigenvalue weighted by Gasteiger charge is -2.19. The summed E-state index contributed by atoms with van der Waals surface area (Å²) in [5.41, 5.74) is -2.35. The molecular formula is C24H16O10. The molecule has 3 aromatic rings. The molecule has 1 aromatic heterocycles. The third-order valence-electron chi connectivity index (χ3n) is 5.30. The van der Waals surface area contributed by atoms with Crippen molar-refractivity contribution >= 4 is 17.3 Å². The van der Waals surface area contributed by atoms with Crippen LogP contribution in [-0.2, 0) is 6.42 Å². The van der Waals surface area contributed by atoms with E-state index in [1.165, 1.54) is 6.92 Å². The summed E-state index contributed by atoms with van der Waals surface area (Å²) in [5.74, 6) is -5.94. The first-order valence-electron chi connectivity index (χ1n) is 9.76. The number of rotatable bonds is 4. The lowest BCUT2D eigenvalue weighted by atomic mass is 9.85. The lowest BCUT2D eigenvalue weighted by molar-refractivity contribution is 0.0936. The summed E-state index contributed by atoms with van der Waals surface area (Å²) in [6, 6.07) is 5.11. The number of aryl methyl sites for hydroxylation is 1. The molecule has 172 valence electrons. The van der Waals surface area contributed by atoms with E-state index >= 15 is 0 Å². The van der Waals surface area contributed by atoms with Crippen molar-refractivity contribution in [2.45, 2.75) is 13.3 Å². The van der Waals surface area contributed by atoms with Gasteiger partial charge in [0.25, 0.3) is 0 Å². The second-order valence-corrected chi connectivity index (χ2v) is 7.67. The Balaban J connectivity index is 1.90. The molecule has 4 rings (SSSR count). The summed E-state index contributed by atoms with van der Waals surface area (Å²) < 4.78 is 4.99. The smallest absolute Gasteiger partial charge is 0.339 e. The number of aliphatic hydroxyl groups excluding tert-OH is 1. The third kappa shape index (κ3) is 3.66. The molecule has 2 aromatic carbocycles. The van der Waals surface area contributed by atoms with E-state index in [1.54, 1.807) is 0 Å². The molecule has 0 bridgehead atoms. The van der Waals surface area contributed by atoms with E-state index in [4.69, 9.17) is 4.42 Å². The van der Waals surface area contributed by atoms with Gasteiger partial charge in [-0.1, -0.05) is 0 Å². The molecule has 1 aliphatic carbocycles. The van der Waals surface area contributed by atoms with Gasteiger partial charge in [-0.3, -0.25) is 14.4 Å². The van der Waals surface area contributed by atoms with Gasteiger partial charge >= 0.3 is 5.63 Å². The number of fused-ring (bicyclic) bond motifs is 1. The molecule has 0 saturated heterocycles. The van der Waals surface area contributed by atoms with Crippen molar-refractivity contribution in [2.24, 2.45) is 0 Å². The maximum Gasteiger partial charge on any atom is 0.339 e. The monoisotopic (exact) mass is 464 g/mol. The standard InChI is InChI=1S/C24H16O10/c1-9-2-14-21(16(28)8-17(29)22(14)31)24(33)19(9)23(32)20-10(3-11(25)6-15(20)27)4-13-5-12(26)7-18(30)34-13/h2-3,5-8,25-27,29,33H,4H2,1H3. The minimum atomic E-state index is -0.952. The Morgan fingerprint density at radius 1 is 0.882 bits per heavy atom. The summed E-state index contributed by atoms with van der Waals surface area (Å²) in [6.45, 7) is 1.38. The fraction of sp³-hybridized carbons (Fsp3) is 0.0833. The molecule has 10 heteroatoms. The molecule has 0 saturated carbocycles. The molecule has 0 amide bonds. The van der Waals surface area contributed by atoms with Crippen molar-refractivity contribution in [3.05, 3.63) is 91.7 Å². The van der Waals surface area contributed by atoms with E-state index in [0.717, 1.165) is 30.3 Å². The molecule has 0 fully saturated rings. The van der Waals surface area contributed by atoms with Gasteiger partial charge in [0.1, 0.15) is 28.8 Å². The van der Waals surface area contributed by atoms with Gasteiger partial charge in [-0.2, -0.15) is 0 Å². The summed E-state index contributed by atoms with van der Waals surface area (Å²) in [4.78, 5) is 49.7. The van der Waals surface area contributed by atoms with Crippen molar-refractivity contribution in [1.29, 1.82) is 0 Å². The normalized spacial score (nSPS) is 12.9. The van der Waals surface area contributed by atoms with Crippen molar-refractivity contribution in [1.82, 2.24) is 0 Å². The molecule has 10 nitrogen and oxygen atoms in total. The number of Topliss-reactive ketones (excluding diaryl/α,β-unsaturated/α-hetero) is 1. The van der Waals surface area contributed by atoms with E-state index < -0.39 is 62.9 Å². The average Bonchev–Trinajstić information content (AvgIpc) is 2.70. The molecule has 0 aliphatic heterocycles. The number of hydrogen-bond donors (Lipinski definition) is 5. The van der Waals surface area contributed by atoms with Gasteiger partial charge in [0.05, 0.1) is 22.8 Å². The largest absolute Gasteiger partial charge is 0.508 e. The molecule has 0 radical (unpaired) electrons. The fourth-order valence-electron chi connectivity index (χ4n) is 3.90. The van der Waals surface area contributed by atoms with E-state index in [0.29, 0.717) is 6.08 Å². The van der Waals surface area contributed by atoms with Gasteiger partial charge in [-0.15, -0.1) is 0 Å². The number of aliphatic hydroxyl groups is 1. The minimum Gasteiger partial charge on any atom is -0.508 e. The maximum absolute atomic E-state index is 13.5. The van der Waals surface area contributed by atoms with Crippen LogP contribution in [0.25, 0.3) is 0 Å². The lowest BCUT2D eigenvalue weighted by Crippen LogP contribution is -2.19. The maximum atomic E-state index is 13.5. The second kappa shape index (κ2) is 7.93. The Morgan fingerprint density at radius 3 is 2.24 bits per heavy atom. The predicted octanol–water partition coefficient (Wildman–Crippen LogP) is 2.41. The van der Waals surface area contributed by atoms with Crippen molar-refractivity contribution in [3.63, 3.8) is 0 Å². The van der Waals surface area contributed by atoms with Gasteiger partial charge in [-0.25, -0.2) is 4.79 Å². The topological polar surface area (TPSA) is 183 Å². The van der Waals surface area contributed by atoms with Gasteiger partial charge in [0.2, 0.25) is 11.6 Å². The van der Waals surface area contributed by atoms with Gasteiger partial charge in [0.15, 0.2) is 11.5 Å². The summed E-state index contributed by atoms with van der Waals surface area (Å²) >= 11 is 0. The third-order valence-corrected chi connectivity index (χ3v) is 5.30. The number of allylic oxidation sites excluding steroid dienone is 2. The highest BCUT2D eigenvalue weighted by molar-refractivity contribution is 6.26. The van der Waals surface area contributed by atoms with E-state index in [2.05, 4.69) is 0 Å². The number of ketones is 3. The van der Waals surface area contributed by atoms with Crippen LogP contribution < -0.4 is 5.63 Å². The molecule has 5 N–H and O–H groups in total. The van der Waals surface area contributed by atoms with Crippen molar-refractivity contribution in [2.75, 3.05) is 0 Å². The second-order valence-electron chi connectivity index (χ2n) is 7.67. The first kappa shape index (κ1) is 22.3. The van der Waals surface area contributed by atoms with Crippen LogP contribution in [0.15, 0.2) is 51.4 Å². The quantitative estimate of drug-likeness (QED) is 0.359. The Morgan fingerprint density at radius 2 is 1.56 bits per heavy atom. The van der Waals surface area contributed by atoms with Gasteiger partial charge in [-0.05, 0) is 30.2 Å². The van der Waals surface area contributed by atoms with Crippen LogP contribution in [0.3, 0.4) is 0 Å². The summed E-state index contributed by atoms with van der Waals surface area (Å²) in [7, 11) is 0. The van der Waals surface area contributed by atoms with Crippen LogP contribution in [0, 0.1) is 6.92 Å². The highest BCUT2D eigenvalue weighted by atomic mass is 16.4. The molecule has 34 heavy (non-hydrogen) atoms. The van der Waals surface area contributed by atoms with Gasteiger partial charge < -0.3 is 29.9 Å². The SMILES string of the molecule is Cc1cc2c(c(O)c1C(=O)c1c(O)cc(O)cc1Cc1cc(O)cc(=O)o1)C(=O)C=C(O)C2=O. The number of hydrogen-bond acceptors (Lipinski definition) is 10. The van der Waals surface area contributed by atoms with Crippen molar-refractivity contribution < 1.29 is 44.3 Å². The number of aromatic hydroxyl groups is 4. The minimum absolute atomic E-state index is 0.0206. The molecule has 0 atom stereocenters. The summed E-state index contributed by atoms with van der Waals surface area (Å²) in [6.07, 6.45) is 0.312. The zero-order valence-corrected chi connectivity index (χ0v) is 17.4. The Kier molecular flexibility index (Phi) is 5.21. The fourth-order valence-corrected chi connectivity index (χ4v) is 3.90. The van der Waals surface area contributed by atoms with Crippen molar-refractivity contribution in [3.8, 4) is 23.0 Å². The van der Waals surface area contributed by atoms with E-state index in [9.17, 15) is 44.7 Å². The van der Waals surface area contributed by atoms with Crippen LogP contribution in [0.4, 0.5) is 0 Å². The summed E-state index contributed by atoms with van der Waals surface area (Å²) in [5, 5.41) is 50.5. The highest BCUT2D eigenvalue weighted by Gasteiger charge is 2.33. The molecule has 0 spiro atoms. The number of carbonyl (C=O) groups excluding carboxylic acids is 3. The van der Waals surface area contributed by atoms with Crippen LogP contribution in [0.2, 0.25) is 0 Å². The molecule has 1 heterocycles. The zero-order valence-electron chi connectivity index (χ0n) is 17.4. The first-order valence-corrected chi connectivity index (χ1v) is 9.76. The molecule has 1 aliphatic rings. The zero-order chi connectivity index (χ0) is 24.9. The number of phenolic OH excluding ortho intramolecular Hbond substituents is 3. The molecular weight excluding hydrogens is 448 g/mol. The highest BCUT2D eigenvalue weighted by Crippen LogP contribution is 2.38. The van der Waals surface area contributed by atoms with Crippen LogP contribution in [0.1, 0.15) is 53.5 Å². The van der Waals surface area contributed by atoms with Crippen LogP contribution >= 0.6 is 0 Å². The first-order chi connectivity index (χ1) is 16.0.